The number of rotatable bonds is 2. The van der Waals surface area contributed by atoms with Crippen molar-refractivity contribution in [1.82, 2.24) is 14.8 Å². The van der Waals surface area contributed by atoms with E-state index >= 15 is 0 Å². The Morgan fingerprint density at radius 1 is 1.26 bits per heavy atom. The third kappa shape index (κ3) is 1.93. The van der Waals surface area contributed by atoms with Gasteiger partial charge in [0.2, 0.25) is 0 Å². The van der Waals surface area contributed by atoms with E-state index in [0.29, 0.717) is 16.6 Å². The fourth-order valence-corrected chi connectivity index (χ4v) is 2.01. The highest BCUT2D eigenvalue weighted by atomic mass is 19.1. The lowest BCUT2D eigenvalue weighted by atomic mass is 10.2. The average Bonchev–Trinajstić information content (AvgIpc) is 2.80. The number of hydrogen-bond donors (Lipinski definition) is 0. The normalized spacial score (nSPS) is 10.5. The molecule has 0 unspecified atom stereocenters. The highest BCUT2D eigenvalue weighted by Gasteiger charge is 2.11. The summed E-state index contributed by atoms with van der Waals surface area (Å²) in [6, 6.07) is 10.3. The van der Waals surface area contributed by atoms with Crippen molar-refractivity contribution < 1.29 is 4.39 Å². The summed E-state index contributed by atoms with van der Waals surface area (Å²) >= 11 is 0. The zero-order valence-electron chi connectivity index (χ0n) is 9.92. The van der Waals surface area contributed by atoms with Crippen LogP contribution in [0.1, 0.15) is 11.3 Å². The minimum absolute atomic E-state index is 0.279. The summed E-state index contributed by atoms with van der Waals surface area (Å²) in [5.74, 6) is -0.279. The van der Waals surface area contributed by atoms with Crippen molar-refractivity contribution in [3.05, 3.63) is 59.8 Å². The van der Waals surface area contributed by atoms with Crippen molar-refractivity contribution in [3.8, 4) is 6.07 Å². The van der Waals surface area contributed by atoms with E-state index in [9.17, 15) is 4.39 Å². The van der Waals surface area contributed by atoms with Gasteiger partial charge in [0, 0.05) is 18.0 Å². The molecule has 0 aliphatic rings. The SMILES string of the molecule is N#Cc1nn(Cc2ccccc2F)c2ccncc12. The quantitative estimate of drug-likeness (QED) is 0.704. The molecular formula is C14H9FN4. The summed E-state index contributed by atoms with van der Waals surface area (Å²) in [6.07, 6.45) is 3.22. The highest BCUT2D eigenvalue weighted by molar-refractivity contribution is 5.83. The van der Waals surface area contributed by atoms with Gasteiger partial charge in [-0.3, -0.25) is 9.67 Å². The molecule has 0 bridgehead atoms. The summed E-state index contributed by atoms with van der Waals surface area (Å²) in [5.41, 5.74) is 1.61. The first-order chi connectivity index (χ1) is 9.29. The van der Waals surface area contributed by atoms with Crippen LogP contribution in [0.4, 0.5) is 4.39 Å². The van der Waals surface area contributed by atoms with Crippen molar-refractivity contribution in [2.24, 2.45) is 0 Å². The van der Waals surface area contributed by atoms with E-state index in [2.05, 4.69) is 10.1 Å². The number of aromatic nitrogens is 3. The Hall–Kier alpha value is -2.74. The van der Waals surface area contributed by atoms with Crippen molar-refractivity contribution in [3.63, 3.8) is 0 Å². The number of nitrogens with zero attached hydrogens (tertiary/aromatic N) is 4. The first kappa shape index (κ1) is 11.4. The molecule has 2 aromatic heterocycles. The van der Waals surface area contributed by atoms with Crippen molar-refractivity contribution >= 4 is 10.9 Å². The summed E-state index contributed by atoms with van der Waals surface area (Å²) < 4.78 is 15.3. The Kier molecular flexibility index (Phi) is 2.69. The lowest BCUT2D eigenvalue weighted by molar-refractivity contribution is 0.590. The van der Waals surface area contributed by atoms with Gasteiger partial charge >= 0.3 is 0 Å². The molecule has 0 N–H and O–H groups in total. The standard InChI is InChI=1S/C14H9FN4/c15-12-4-2-1-3-10(12)9-19-14-5-6-17-8-11(14)13(7-16)18-19/h1-6,8H,9H2. The summed E-state index contributed by atoms with van der Waals surface area (Å²) in [6.45, 7) is 0.287. The van der Waals surface area contributed by atoms with Gasteiger partial charge in [0.1, 0.15) is 11.9 Å². The highest BCUT2D eigenvalue weighted by Crippen LogP contribution is 2.18. The summed E-state index contributed by atoms with van der Waals surface area (Å²) in [4.78, 5) is 3.98. The lowest BCUT2D eigenvalue weighted by Crippen LogP contribution is -2.03. The molecule has 0 spiro atoms. The smallest absolute Gasteiger partial charge is 0.171 e. The van der Waals surface area contributed by atoms with Gasteiger partial charge in [-0.25, -0.2) is 4.39 Å². The molecule has 0 atom stereocenters. The van der Waals surface area contributed by atoms with E-state index in [4.69, 9.17) is 5.26 Å². The van der Waals surface area contributed by atoms with Gasteiger partial charge in [-0.05, 0) is 12.1 Å². The Morgan fingerprint density at radius 3 is 2.89 bits per heavy atom. The maximum atomic E-state index is 13.6. The van der Waals surface area contributed by atoms with Crippen molar-refractivity contribution in [2.75, 3.05) is 0 Å². The molecule has 0 fully saturated rings. The number of hydrogen-bond acceptors (Lipinski definition) is 3. The molecule has 0 aliphatic carbocycles. The minimum Gasteiger partial charge on any atom is -0.264 e. The van der Waals surface area contributed by atoms with Gasteiger partial charge in [0.25, 0.3) is 0 Å². The molecule has 19 heavy (non-hydrogen) atoms. The van der Waals surface area contributed by atoms with Crippen molar-refractivity contribution in [2.45, 2.75) is 6.54 Å². The largest absolute Gasteiger partial charge is 0.264 e. The molecule has 0 radical (unpaired) electrons. The predicted octanol–water partition coefficient (Wildman–Crippen LogP) is 2.49. The second-order valence-corrected chi connectivity index (χ2v) is 4.10. The number of fused-ring (bicyclic) bond motifs is 1. The molecule has 92 valence electrons. The zero-order valence-corrected chi connectivity index (χ0v) is 9.92. The maximum absolute atomic E-state index is 13.6. The Morgan fingerprint density at radius 2 is 2.11 bits per heavy atom. The van der Waals surface area contributed by atoms with Gasteiger partial charge in [0.15, 0.2) is 5.69 Å². The molecule has 0 aliphatic heterocycles. The third-order valence-corrected chi connectivity index (χ3v) is 2.94. The fourth-order valence-electron chi connectivity index (χ4n) is 2.01. The molecule has 4 nitrogen and oxygen atoms in total. The van der Waals surface area contributed by atoms with Gasteiger partial charge < -0.3 is 0 Å². The second-order valence-electron chi connectivity index (χ2n) is 4.10. The van der Waals surface area contributed by atoms with E-state index in [0.717, 1.165) is 5.52 Å². The van der Waals surface area contributed by atoms with Crippen LogP contribution in [0, 0.1) is 17.1 Å². The molecule has 5 heteroatoms. The molecule has 3 rings (SSSR count). The molecular weight excluding hydrogens is 243 g/mol. The summed E-state index contributed by atoms with van der Waals surface area (Å²) in [5, 5.41) is 13.9. The fraction of sp³-hybridized carbons (Fsp3) is 0.0714. The first-order valence-corrected chi connectivity index (χ1v) is 5.73. The summed E-state index contributed by atoms with van der Waals surface area (Å²) in [7, 11) is 0. The Labute approximate surface area is 108 Å². The van der Waals surface area contributed by atoms with Crippen molar-refractivity contribution in [1.29, 1.82) is 5.26 Å². The Balaban J connectivity index is 2.12. The number of nitriles is 1. The number of benzene rings is 1. The predicted molar refractivity (Wildman–Crippen MR) is 67.7 cm³/mol. The van der Waals surface area contributed by atoms with Crippen LogP contribution < -0.4 is 0 Å². The van der Waals surface area contributed by atoms with Gasteiger partial charge in [-0.15, -0.1) is 0 Å². The van der Waals surface area contributed by atoms with E-state index in [-0.39, 0.29) is 12.4 Å². The number of pyridine rings is 1. The average molecular weight is 252 g/mol. The van der Waals surface area contributed by atoms with Crippen LogP contribution in [-0.2, 0) is 6.54 Å². The van der Waals surface area contributed by atoms with Crippen LogP contribution in [0.2, 0.25) is 0 Å². The van der Waals surface area contributed by atoms with Crippen LogP contribution in [-0.4, -0.2) is 14.8 Å². The topological polar surface area (TPSA) is 54.5 Å². The number of halogens is 1. The van der Waals surface area contributed by atoms with Crippen LogP contribution >= 0.6 is 0 Å². The molecule has 3 aromatic rings. The maximum Gasteiger partial charge on any atom is 0.171 e. The van der Waals surface area contributed by atoms with Crippen LogP contribution in [0.5, 0.6) is 0 Å². The van der Waals surface area contributed by atoms with E-state index in [1.807, 2.05) is 6.07 Å². The van der Waals surface area contributed by atoms with Gasteiger partial charge in [-0.1, -0.05) is 18.2 Å². The van der Waals surface area contributed by atoms with Gasteiger partial charge in [0.05, 0.1) is 17.4 Å². The second kappa shape index (κ2) is 4.50. The zero-order chi connectivity index (χ0) is 13.2. The van der Waals surface area contributed by atoms with E-state index in [1.165, 1.54) is 6.07 Å². The molecule has 1 aromatic carbocycles. The van der Waals surface area contributed by atoms with Crippen LogP contribution in [0.3, 0.4) is 0 Å². The Bertz CT molecular complexity index is 785. The van der Waals surface area contributed by atoms with E-state index in [1.54, 1.807) is 41.3 Å². The van der Waals surface area contributed by atoms with Gasteiger partial charge in [-0.2, -0.15) is 10.4 Å². The third-order valence-electron chi connectivity index (χ3n) is 2.94. The molecule has 0 saturated carbocycles. The monoisotopic (exact) mass is 252 g/mol. The van der Waals surface area contributed by atoms with Crippen LogP contribution in [0.15, 0.2) is 42.7 Å². The lowest BCUT2D eigenvalue weighted by Gasteiger charge is -2.04. The van der Waals surface area contributed by atoms with Crippen LogP contribution in [0.25, 0.3) is 10.9 Å². The minimum atomic E-state index is -0.279. The molecule has 0 amide bonds. The molecule has 2 heterocycles. The molecule has 0 saturated heterocycles. The van der Waals surface area contributed by atoms with E-state index < -0.39 is 0 Å². The first-order valence-electron chi connectivity index (χ1n) is 5.73.